The summed E-state index contributed by atoms with van der Waals surface area (Å²) in [5, 5.41) is 11.3. The van der Waals surface area contributed by atoms with Crippen molar-refractivity contribution in [2.45, 2.75) is 20.4 Å². The van der Waals surface area contributed by atoms with E-state index in [0.717, 1.165) is 10.4 Å². The van der Waals surface area contributed by atoms with Gasteiger partial charge in [-0.1, -0.05) is 18.2 Å². The Bertz CT molecular complexity index is 1080. The van der Waals surface area contributed by atoms with Crippen molar-refractivity contribution in [1.82, 2.24) is 9.78 Å². The van der Waals surface area contributed by atoms with E-state index in [0.29, 0.717) is 26.4 Å². The molecule has 6 nitrogen and oxygen atoms in total. The number of esters is 1. The molecule has 0 fully saturated rings. The number of hydrogen-bond donors (Lipinski definition) is 2. The number of benzene rings is 1. The first kappa shape index (κ1) is 21.4. The Hall–Kier alpha value is -2.30. The maximum absolute atomic E-state index is 13.9. The number of anilines is 2. The van der Waals surface area contributed by atoms with Gasteiger partial charge in [0.25, 0.3) is 0 Å². The minimum absolute atomic E-state index is 0.272. The quantitative estimate of drug-likeness (QED) is 0.378. The fraction of sp³-hybridized carbons (Fsp3) is 0.211. The summed E-state index contributed by atoms with van der Waals surface area (Å²) in [5.41, 5.74) is 1.84. The van der Waals surface area contributed by atoms with E-state index in [2.05, 4.69) is 31.7 Å². The number of hydrogen-bond acceptors (Lipinski definition) is 5. The number of thiophene rings is 1. The van der Waals surface area contributed by atoms with Crippen LogP contribution in [0, 0.1) is 19.7 Å². The van der Waals surface area contributed by atoms with Crippen molar-refractivity contribution in [3.05, 3.63) is 62.3 Å². The summed E-state index contributed by atoms with van der Waals surface area (Å²) in [4.78, 5) is 13.1. The summed E-state index contributed by atoms with van der Waals surface area (Å²) in [5.74, 6) is -0.236. The van der Waals surface area contributed by atoms with Gasteiger partial charge in [-0.05, 0) is 53.6 Å². The second kappa shape index (κ2) is 9.02. The van der Waals surface area contributed by atoms with E-state index >= 15 is 0 Å². The third-order valence-corrected chi connectivity index (χ3v) is 6.15. The number of aryl methyl sites for hydroxylation is 1. The average molecular weight is 497 g/mol. The molecule has 0 bridgehead atoms. The van der Waals surface area contributed by atoms with Crippen molar-refractivity contribution in [2.75, 3.05) is 17.7 Å². The van der Waals surface area contributed by atoms with Crippen LogP contribution in [0.5, 0.6) is 0 Å². The van der Waals surface area contributed by atoms with Crippen LogP contribution in [0.15, 0.2) is 34.9 Å². The van der Waals surface area contributed by atoms with Crippen molar-refractivity contribution in [3.8, 4) is 0 Å². The van der Waals surface area contributed by atoms with Crippen LogP contribution < -0.4 is 10.6 Å². The van der Waals surface area contributed by atoms with Gasteiger partial charge in [0.05, 0.1) is 23.7 Å². The normalized spacial score (nSPS) is 10.7. The second-order valence-corrected chi connectivity index (χ2v) is 8.66. The molecule has 3 aromatic rings. The van der Waals surface area contributed by atoms with Crippen molar-refractivity contribution in [1.29, 1.82) is 0 Å². The standard InChI is InChI=1S/C19H18BrFN4O2S2/c1-10-11(2)29-17(15(10)18(26)27-3)23-19(28)22-16-13(20)9-25(24-16)8-12-6-4-5-7-14(12)21/h4-7,9H,8H2,1-3H3,(H2,22,23,24,28). The van der Waals surface area contributed by atoms with Crippen LogP contribution in [0.1, 0.15) is 26.4 Å². The van der Waals surface area contributed by atoms with Gasteiger partial charge in [-0.3, -0.25) is 4.68 Å². The molecule has 2 N–H and O–H groups in total. The van der Waals surface area contributed by atoms with Crippen LogP contribution in [0.2, 0.25) is 0 Å². The third-order valence-electron chi connectivity index (χ3n) is 4.24. The van der Waals surface area contributed by atoms with E-state index < -0.39 is 5.97 Å². The smallest absolute Gasteiger partial charge is 0.341 e. The van der Waals surface area contributed by atoms with Crippen molar-refractivity contribution in [2.24, 2.45) is 0 Å². The van der Waals surface area contributed by atoms with Gasteiger partial charge < -0.3 is 15.4 Å². The predicted octanol–water partition coefficient (Wildman–Crippen LogP) is 5.11. The molecule has 29 heavy (non-hydrogen) atoms. The molecule has 10 heteroatoms. The Morgan fingerprint density at radius 1 is 1.34 bits per heavy atom. The minimum Gasteiger partial charge on any atom is -0.465 e. The molecule has 0 saturated heterocycles. The first-order valence-corrected chi connectivity index (χ1v) is 10.5. The van der Waals surface area contributed by atoms with Gasteiger partial charge in [0.15, 0.2) is 10.9 Å². The van der Waals surface area contributed by atoms with Crippen LogP contribution in [-0.2, 0) is 11.3 Å². The fourth-order valence-electron chi connectivity index (χ4n) is 2.67. The molecule has 0 spiro atoms. The van der Waals surface area contributed by atoms with E-state index in [1.165, 1.54) is 24.5 Å². The van der Waals surface area contributed by atoms with Gasteiger partial charge in [0.2, 0.25) is 0 Å². The monoisotopic (exact) mass is 496 g/mol. The summed E-state index contributed by atoms with van der Waals surface area (Å²) < 4.78 is 21.0. The molecular weight excluding hydrogens is 479 g/mol. The van der Waals surface area contributed by atoms with Crippen LogP contribution in [0.4, 0.5) is 15.2 Å². The van der Waals surface area contributed by atoms with Gasteiger partial charge in [0, 0.05) is 16.6 Å². The summed E-state index contributed by atoms with van der Waals surface area (Å²) in [6.45, 7) is 4.07. The molecule has 2 heterocycles. The Labute approximate surface area is 185 Å². The number of rotatable bonds is 5. The van der Waals surface area contributed by atoms with Crippen molar-refractivity contribution >= 4 is 61.4 Å². The van der Waals surface area contributed by atoms with Gasteiger partial charge in [-0.15, -0.1) is 11.3 Å². The number of carbonyl (C=O) groups is 1. The maximum Gasteiger partial charge on any atom is 0.341 e. The molecule has 0 aliphatic rings. The van der Waals surface area contributed by atoms with Crippen LogP contribution in [-0.4, -0.2) is 28.0 Å². The second-order valence-electron chi connectivity index (χ2n) is 6.17. The summed E-state index contributed by atoms with van der Waals surface area (Å²) in [7, 11) is 1.34. The number of aromatic nitrogens is 2. The Balaban J connectivity index is 1.74. The van der Waals surface area contributed by atoms with Gasteiger partial charge in [-0.25, -0.2) is 9.18 Å². The Kier molecular flexibility index (Phi) is 6.66. The Morgan fingerprint density at radius 3 is 2.76 bits per heavy atom. The molecule has 0 amide bonds. The number of nitrogens with one attached hydrogen (secondary N) is 2. The topological polar surface area (TPSA) is 68.2 Å². The van der Waals surface area contributed by atoms with Gasteiger partial charge in [0.1, 0.15) is 10.8 Å². The maximum atomic E-state index is 13.9. The SMILES string of the molecule is COC(=O)c1c(NC(=S)Nc2nn(Cc3ccccc3F)cc2Br)sc(C)c1C. The third kappa shape index (κ3) is 4.82. The first-order valence-electron chi connectivity index (χ1n) is 8.52. The molecule has 0 radical (unpaired) electrons. The highest BCUT2D eigenvalue weighted by Crippen LogP contribution is 2.33. The van der Waals surface area contributed by atoms with E-state index in [1.54, 1.807) is 29.1 Å². The summed E-state index contributed by atoms with van der Waals surface area (Å²) in [6.07, 6.45) is 1.73. The molecule has 2 aromatic heterocycles. The zero-order valence-electron chi connectivity index (χ0n) is 15.9. The number of ether oxygens (including phenoxy) is 1. The van der Waals surface area contributed by atoms with E-state index in [9.17, 15) is 9.18 Å². The van der Waals surface area contributed by atoms with Gasteiger partial charge in [-0.2, -0.15) is 5.10 Å². The summed E-state index contributed by atoms with van der Waals surface area (Å²) in [6, 6.07) is 6.54. The molecule has 0 aliphatic carbocycles. The van der Waals surface area contributed by atoms with E-state index in [-0.39, 0.29) is 17.5 Å². The van der Waals surface area contributed by atoms with Crippen molar-refractivity contribution < 1.29 is 13.9 Å². The summed E-state index contributed by atoms with van der Waals surface area (Å²) >= 11 is 10.2. The lowest BCUT2D eigenvalue weighted by Gasteiger charge is -2.09. The predicted molar refractivity (Wildman–Crippen MR) is 120 cm³/mol. The number of halogens is 2. The largest absolute Gasteiger partial charge is 0.465 e. The van der Waals surface area contributed by atoms with Gasteiger partial charge >= 0.3 is 5.97 Å². The number of carbonyl (C=O) groups excluding carboxylic acids is 1. The lowest BCUT2D eigenvalue weighted by atomic mass is 10.1. The average Bonchev–Trinajstić information content (AvgIpc) is 3.15. The molecule has 3 rings (SSSR count). The molecule has 0 aliphatic heterocycles. The zero-order chi connectivity index (χ0) is 21.1. The lowest BCUT2D eigenvalue weighted by Crippen LogP contribution is -2.20. The highest BCUT2D eigenvalue weighted by Gasteiger charge is 2.21. The van der Waals surface area contributed by atoms with Crippen LogP contribution in [0.3, 0.4) is 0 Å². The molecule has 152 valence electrons. The van der Waals surface area contributed by atoms with Crippen molar-refractivity contribution in [3.63, 3.8) is 0 Å². The highest BCUT2D eigenvalue weighted by atomic mass is 79.9. The highest BCUT2D eigenvalue weighted by molar-refractivity contribution is 9.10. The fourth-order valence-corrected chi connectivity index (χ4v) is 4.40. The molecule has 0 unspecified atom stereocenters. The molecule has 0 atom stereocenters. The van der Waals surface area contributed by atoms with Crippen LogP contribution >= 0.6 is 39.5 Å². The first-order chi connectivity index (χ1) is 13.8. The zero-order valence-corrected chi connectivity index (χ0v) is 19.1. The Morgan fingerprint density at radius 2 is 2.07 bits per heavy atom. The molecular formula is C19H18BrFN4O2S2. The number of methoxy groups -OCH3 is 1. The molecule has 0 saturated carbocycles. The lowest BCUT2D eigenvalue weighted by molar-refractivity contribution is 0.0601. The number of nitrogens with zero attached hydrogens (tertiary/aromatic N) is 2. The van der Waals surface area contributed by atoms with E-state index in [4.69, 9.17) is 17.0 Å². The number of thiocarbonyl (C=S) groups is 1. The van der Waals surface area contributed by atoms with Crippen LogP contribution in [0.25, 0.3) is 0 Å². The van der Waals surface area contributed by atoms with E-state index in [1.807, 2.05) is 13.8 Å². The molecule has 1 aromatic carbocycles. The minimum atomic E-state index is -0.424.